The van der Waals surface area contributed by atoms with Gasteiger partial charge in [-0.25, -0.2) is 8.78 Å². The number of halogens is 4. The smallest absolute Gasteiger partial charge is 0.262 e. The number of alkyl halides is 2. The van der Waals surface area contributed by atoms with E-state index in [0.717, 1.165) is 32.7 Å². The number of hydrogen-bond donors (Lipinski definition) is 1. The summed E-state index contributed by atoms with van der Waals surface area (Å²) in [7, 11) is 0. The van der Waals surface area contributed by atoms with Gasteiger partial charge in [0.25, 0.3) is 5.92 Å². The molecular weight excluding hydrogens is 339 g/mol. The molecule has 3 fully saturated rings. The second-order valence-corrected chi connectivity index (χ2v) is 5.87. The van der Waals surface area contributed by atoms with E-state index in [-0.39, 0.29) is 43.7 Å². The SMILES string of the molecule is Cl.Cl.O=C(C1CC(F)(F)CN1)N1CCC(N2CCOCC2)C1. The molecule has 1 N–H and O–H groups in total. The third-order valence-corrected chi connectivity index (χ3v) is 4.45. The van der Waals surface area contributed by atoms with Crippen LogP contribution in [0.4, 0.5) is 8.78 Å². The van der Waals surface area contributed by atoms with Gasteiger partial charge in [-0.3, -0.25) is 15.0 Å². The molecule has 1 amide bonds. The van der Waals surface area contributed by atoms with E-state index in [1.807, 2.05) is 0 Å². The number of amides is 1. The first-order chi connectivity index (χ1) is 9.55. The molecule has 2 unspecified atom stereocenters. The lowest BCUT2D eigenvalue weighted by molar-refractivity contribution is -0.132. The molecule has 0 spiro atoms. The molecule has 0 aliphatic carbocycles. The maximum Gasteiger partial charge on any atom is 0.262 e. The van der Waals surface area contributed by atoms with E-state index in [1.54, 1.807) is 4.90 Å². The Morgan fingerprint density at radius 2 is 1.86 bits per heavy atom. The fourth-order valence-electron chi connectivity index (χ4n) is 3.29. The lowest BCUT2D eigenvalue weighted by Gasteiger charge is -2.32. The molecule has 2 atom stereocenters. The van der Waals surface area contributed by atoms with Gasteiger partial charge in [-0.15, -0.1) is 24.8 Å². The third kappa shape index (κ3) is 4.41. The fraction of sp³-hybridized carbons (Fsp3) is 0.923. The summed E-state index contributed by atoms with van der Waals surface area (Å²) < 4.78 is 31.6. The number of carbonyl (C=O) groups is 1. The minimum atomic E-state index is -2.75. The number of carbonyl (C=O) groups excluding carboxylic acids is 1. The summed E-state index contributed by atoms with van der Waals surface area (Å²) >= 11 is 0. The van der Waals surface area contributed by atoms with E-state index in [1.165, 1.54) is 0 Å². The highest BCUT2D eigenvalue weighted by atomic mass is 35.5. The van der Waals surface area contributed by atoms with Gasteiger partial charge >= 0.3 is 0 Å². The molecule has 3 rings (SSSR count). The maximum atomic E-state index is 13.2. The van der Waals surface area contributed by atoms with Crippen LogP contribution in [-0.4, -0.2) is 79.7 Å². The van der Waals surface area contributed by atoms with Crippen molar-refractivity contribution in [2.75, 3.05) is 45.9 Å². The number of nitrogens with one attached hydrogen (secondary N) is 1. The molecule has 5 nitrogen and oxygen atoms in total. The van der Waals surface area contributed by atoms with Crippen molar-refractivity contribution in [3.63, 3.8) is 0 Å². The summed E-state index contributed by atoms with van der Waals surface area (Å²) in [5.41, 5.74) is 0. The molecule has 0 saturated carbocycles. The third-order valence-electron chi connectivity index (χ3n) is 4.45. The highest BCUT2D eigenvalue weighted by Gasteiger charge is 2.44. The monoisotopic (exact) mass is 361 g/mol. The van der Waals surface area contributed by atoms with Crippen molar-refractivity contribution in [3.05, 3.63) is 0 Å². The molecule has 3 aliphatic heterocycles. The van der Waals surface area contributed by atoms with Crippen LogP contribution in [0, 0.1) is 0 Å². The molecule has 22 heavy (non-hydrogen) atoms. The number of nitrogens with zero attached hydrogens (tertiary/aromatic N) is 2. The molecule has 0 bridgehead atoms. The first-order valence-electron chi connectivity index (χ1n) is 7.27. The van der Waals surface area contributed by atoms with E-state index in [4.69, 9.17) is 4.74 Å². The number of ether oxygens (including phenoxy) is 1. The number of morpholine rings is 1. The van der Waals surface area contributed by atoms with Gasteiger partial charge in [0.2, 0.25) is 5.91 Å². The summed E-state index contributed by atoms with van der Waals surface area (Å²) in [6, 6.07) is -0.363. The molecule has 9 heteroatoms. The Kier molecular flexibility index (Phi) is 7.26. The van der Waals surface area contributed by atoms with E-state index in [2.05, 4.69) is 10.2 Å². The zero-order valence-corrected chi connectivity index (χ0v) is 13.9. The average Bonchev–Trinajstić information content (AvgIpc) is 3.05. The Bertz CT molecular complexity index is 384. The molecule has 130 valence electrons. The summed E-state index contributed by atoms with van der Waals surface area (Å²) in [5, 5.41) is 2.64. The van der Waals surface area contributed by atoms with Gasteiger partial charge in [-0.2, -0.15) is 0 Å². The van der Waals surface area contributed by atoms with Crippen LogP contribution < -0.4 is 5.32 Å². The molecule has 3 aliphatic rings. The van der Waals surface area contributed by atoms with Gasteiger partial charge in [0.05, 0.1) is 25.8 Å². The Hall–Kier alpha value is -0.210. The summed E-state index contributed by atoms with van der Waals surface area (Å²) in [6.45, 7) is 4.21. The molecule has 3 saturated heterocycles. The topological polar surface area (TPSA) is 44.8 Å². The van der Waals surface area contributed by atoms with Crippen molar-refractivity contribution < 1.29 is 18.3 Å². The lowest BCUT2D eigenvalue weighted by Crippen LogP contribution is -2.47. The maximum absolute atomic E-state index is 13.2. The van der Waals surface area contributed by atoms with Crippen molar-refractivity contribution in [1.29, 1.82) is 0 Å². The van der Waals surface area contributed by atoms with Crippen LogP contribution >= 0.6 is 24.8 Å². The lowest BCUT2D eigenvalue weighted by atomic mass is 10.1. The predicted octanol–water partition coefficient (Wildman–Crippen LogP) is 0.760. The number of likely N-dealkylation sites (tertiary alicyclic amines) is 1. The standard InChI is InChI=1S/C13H21F2N3O2.2ClH/c14-13(15)7-11(16-9-13)12(19)18-2-1-10(8-18)17-3-5-20-6-4-17;;/h10-11,16H,1-9H2;2*1H. The van der Waals surface area contributed by atoms with Crippen molar-refractivity contribution in [2.45, 2.75) is 30.8 Å². The fourth-order valence-corrected chi connectivity index (χ4v) is 3.29. The second-order valence-electron chi connectivity index (χ2n) is 5.87. The minimum absolute atomic E-state index is 0. The quantitative estimate of drug-likeness (QED) is 0.788. The van der Waals surface area contributed by atoms with Gasteiger partial charge in [0.1, 0.15) is 0 Å². The van der Waals surface area contributed by atoms with Crippen LogP contribution in [0.15, 0.2) is 0 Å². The predicted molar refractivity (Wildman–Crippen MR) is 83.2 cm³/mol. The van der Waals surface area contributed by atoms with Gasteiger partial charge in [-0.1, -0.05) is 0 Å². The first kappa shape index (κ1) is 19.8. The van der Waals surface area contributed by atoms with Crippen LogP contribution in [-0.2, 0) is 9.53 Å². The summed E-state index contributed by atoms with van der Waals surface area (Å²) in [6.07, 6.45) is 0.555. The molecule has 3 heterocycles. The number of hydrogen-bond acceptors (Lipinski definition) is 4. The highest BCUT2D eigenvalue weighted by Crippen LogP contribution is 2.27. The second kappa shape index (κ2) is 8.06. The zero-order valence-electron chi connectivity index (χ0n) is 12.3. The molecule has 0 aromatic rings. The molecular formula is C13H23Cl2F2N3O2. The molecule has 0 aromatic heterocycles. The van der Waals surface area contributed by atoms with Crippen LogP contribution in [0.3, 0.4) is 0 Å². The van der Waals surface area contributed by atoms with Gasteiger partial charge in [0, 0.05) is 38.6 Å². The first-order valence-corrected chi connectivity index (χ1v) is 7.27. The van der Waals surface area contributed by atoms with Gasteiger partial charge < -0.3 is 9.64 Å². The highest BCUT2D eigenvalue weighted by molar-refractivity contribution is 5.85. The normalized spacial score (nSPS) is 31.5. The van der Waals surface area contributed by atoms with Gasteiger partial charge in [-0.05, 0) is 6.42 Å². The Morgan fingerprint density at radius 3 is 2.45 bits per heavy atom. The van der Waals surface area contributed by atoms with E-state index < -0.39 is 12.0 Å². The van der Waals surface area contributed by atoms with Crippen LogP contribution in [0.5, 0.6) is 0 Å². The average molecular weight is 362 g/mol. The van der Waals surface area contributed by atoms with Crippen molar-refractivity contribution in [2.24, 2.45) is 0 Å². The van der Waals surface area contributed by atoms with E-state index in [0.29, 0.717) is 19.1 Å². The zero-order chi connectivity index (χ0) is 14.2. The van der Waals surface area contributed by atoms with Crippen molar-refractivity contribution in [3.8, 4) is 0 Å². The van der Waals surface area contributed by atoms with Crippen LogP contribution in [0.25, 0.3) is 0 Å². The van der Waals surface area contributed by atoms with Gasteiger partial charge in [0.15, 0.2) is 0 Å². The van der Waals surface area contributed by atoms with Crippen molar-refractivity contribution in [1.82, 2.24) is 15.1 Å². The minimum Gasteiger partial charge on any atom is -0.379 e. The summed E-state index contributed by atoms with van der Waals surface area (Å²) in [5.74, 6) is -2.91. The molecule has 0 radical (unpaired) electrons. The van der Waals surface area contributed by atoms with E-state index in [9.17, 15) is 13.6 Å². The van der Waals surface area contributed by atoms with Crippen LogP contribution in [0.2, 0.25) is 0 Å². The summed E-state index contributed by atoms with van der Waals surface area (Å²) in [4.78, 5) is 16.3. The molecule has 0 aromatic carbocycles. The van der Waals surface area contributed by atoms with Crippen LogP contribution in [0.1, 0.15) is 12.8 Å². The number of rotatable bonds is 2. The Balaban J connectivity index is 0.00000121. The largest absolute Gasteiger partial charge is 0.379 e. The van der Waals surface area contributed by atoms with E-state index >= 15 is 0 Å². The Morgan fingerprint density at radius 1 is 1.18 bits per heavy atom. The Labute approximate surface area is 141 Å². The van der Waals surface area contributed by atoms with Crippen molar-refractivity contribution >= 4 is 30.7 Å².